The SMILES string of the molecule is Cc1ccc2c(c1Br)C(=O)C(=O)N2C[NH+]1CCC(C)CC1. The normalized spacial score (nSPS) is 25.4. The van der Waals surface area contributed by atoms with Gasteiger partial charge in [-0.1, -0.05) is 13.0 Å². The number of halogens is 1. The van der Waals surface area contributed by atoms with Gasteiger partial charge in [-0.05, 0) is 53.2 Å². The number of hydrogen-bond acceptors (Lipinski definition) is 2. The van der Waals surface area contributed by atoms with E-state index < -0.39 is 0 Å². The Balaban J connectivity index is 1.86. The minimum atomic E-state index is -0.387. The Kier molecular flexibility index (Phi) is 3.88. The number of likely N-dealkylation sites (tertiary alicyclic amines) is 1. The second-order valence-electron chi connectivity index (χ2n) is 6.24. The summed E-state index contributed by atoms with van der Waals surface area (Å²) < 4.78 is 0.753. The number of carbonyl (C=O) groups excluding carboxylic acids is 2. The third kappa shape index (κ3) is 2.53. The molecule has 1 amide bonds. The van der Waals surface area contributed by atoms with Gasteiger partial charge >= 0.3 is 5.91 Å². The van der Waals surface area contributed by atoms with Crippen LogP contribution < -0.4 is 9.80 Å². The van der Waals surface area contributed by atoms with Crippen molar-refractivity contribution in [3.63, 3.8) is 0 Å². The number of amides is 1. The molecule has 0 aliphatic carbocycles. The van der Waals surface area contributed by atoms with Gasteiger partial charge in [-0.3, -0.25) is 14.5 Å². The fourth-order valence-electron chi connectivity index (χ4n) is 3.16. The standard InChI is InChI=1S/C16H19BrN2O2/c1-10-5-7-18(8-6-10)9-19-12-4-3-11(2)14(17)13(12)15(20)16(19)21/h3-4,10H,5-9H2,1-2H3/p+1. The maximum Gasteiger partial charge on any atom is 0.303 e. The van der Waals surface area contributed by atoms with E-state index in [1.54, 1.807) is 4.90 Å². The zero-order valence-electron chi connectivity index (χ0n) is 12.4. The first-order chi connectivity index (χ1) is 9.99. The molecule has 0 radical (unpaired) electrons. The number of rotatable bonds is 2. The summed E-state index contributed by atoms with van der Waals surface area (Å²) in [6, 6.07) is 3.85. The van der Waals surface area contributed by atoms with E-state index in [0.717, 1.165) is 34.7 Å². The van der Waals surface area contributed by atoms with Gasteiger partial charge in [0.1, 0.15) is 0 Å². The molecular weight excluding hydrogens is 332 g/mol. The predicted molar refractivity (Wildman–Crippen MR) is 84.7 cm³/mol. The van der Waals surface area contributed by atoms with Crippen molar-refractivity contribution >= 4 is 33.3 Å². The zero-order chi connectivity index (χ0) is 15.1. The van der Waals surface area contributed by atoms with Crippen LogP contribution in [0.15, 0.2) is 16.6 Å². The number of nitrogens with zero attached hydrogens (tertiary/aromatic N) is 1. The lowest BCUT2D eigenvalue weighted by atomic mass is 10.00. The maximum absolute atomic E-state index is 12.3. The van der Waals surface area contributed by atoms with Crippen molar-refractivity contribution in [2.24, 2.45) is 5.92 Å². The number of nitrogens with one attached hydrogen (secondary N) is 1. The van der Waals surface area contributed by atoms with Gasteiger partial charge in [-0.2, -0.15) is 0 Å². The number of fused-ring (bicyclic) bond motifs is 1. The van der Waals surface area contributed by atoms with E-state index in [9.17, 15) is 9.59 Å². The highest BCUT2D eigenvalue weighted by molar-refractivity contribution is 9.10. The molecule has 1 saturated heterocycles. The van der Waals surface area contributed by atoms with Crippen LogP contribution >= 0.6 is 15.9 Å². The van der Waals surface area contributed by atoms with E-state index in [0.29, 0.717) is 12.2 Å². The number of piperidine rings is 1. The number of ketones is 1. The van der Waals surface area contributed by atoms with Gasteiger partial charge in [-0.15, -0.1) is 0 Å². The van der Waals surface area contributed by atoms with Gasteiger partial charge in [0.05, 0.1) is 24.3 Å². The van der Waals surface area contributed by atoms with Crippen molar-refractivity contribution in [2.75, 3.05) is 24.7 Å². The molecule has 3 rings (SSSR count). The number of quaternary nitrogens is 1. The molecule has 0 aromatic heterocycles. The molecule has 4 nitrogen and oxygen atoms in total. The molecule has 0 spiro atoms. The Morgan fingerprint density at radius 3 is 2.62 bits per heavy atom. The summed E-state index contributed by atoms with van der Waals surface area (Å²) in [6.07, 6.45) is 2.38. The van der Waals surface area contributed by atoms with Gasteiger partial charge in [0.15, 0.2) is 6.67 Å². The lowest BCUT2D eigenvalue weighted by Gasteiger charge is -2.30. The third-order valence-corrected chi connectivity index (χ3v) is 5.66. The highest BCUT2D eigenvalue weighted by Gasteiger charge is 2.40. The largest absolute Gasteiger partial charge is 0.317 e. The fraction of sp³-hybridized carbons (Fsp3) is 0.500. The van der Waals surface area contributed by atoms with Crippen LogP contribution in [0.25, 0.3) is 0 Å². The summed E-state index contributed by atoms with van der Waals surface area (Å²) in [5.41, 5.74) is 2.27. The van der Waals surface area contributed by atoms with E-state index >= 15 is 0 Å². The smallest absolute Gasteiger partial charge is 0.303 e. The van der Waals surface area contributed by atoms with Crippen LogP contribution in [0.1, 0.15) is 35.7 Å². The second-order valence-corrected chi connectivity index (χ2v) is 7.04. The van der Waals surface area contributed by atoms with E-state index in [1.165, 1.54) is 17.7 Å². The zero-order valence-corrected chi connectivity index (χ0v) is 14.0. The first-order valence-corrected chi connectivity index (χ1v) is 8.27. The van der Waals surface area contributed by atoms with Crippen molar-refractivity contribution in [3.05, 3.63) is 27.7 Å². The van der Waals surface area contributed by atoms with Crippen LogP contribution in [0.5, 0.6) is 0 Å². The van der Waals surface area contributed by atoms with Gasteiger partial charge in [-0.25, -0.2) is 0 Å². The average molecular weight is 352 g/mol. The molecular formula is C16H20BrN2O2+. The van der Waals surface area contributed by atoms with Crippen molar-refractivity contribution in [1.82, 2.24) is 0 Å². The van der Waals surface area contributed by atoms with Gasteiger partial charge in [0, 0.05) is 4.47 Å². The van der Waals surface area contributed by atoms with Crippen molar-refractivity contribution in [3.8, 4) is 0 Å². The topological polar surface area (TPSA) is 41.8 Å². The molecule has 1 aromatic carbocycles. The average Bonchev–Trinajstić information content (AvgIpc) is 2.70. The Morgan fingerprint density at radius 2 is 1.95 bits per heavy atom. The first-order valence-electron chi connectivity index (χ1n) is 7.48. The molecule has 1 fully saturated rings. The van der Waals surface area contributed by atoms with E-state index in [-0.39, 0.29) is 11.7 Å². The van der Waals surface area contributed by atoms with Crippen molar-refractivity contribution in [2.45, 2.75) is 26.7 Å². The van der Waals surface area contributed by atoms with Crippen LogP contribution in [0.4, 0.5) is 5.69 Å². The summed E-state index contributed by atoms with van der Waals surface area (Å²) in [5.74, 6) is 0.00140. The molecule has 1 aromatic rings. The predicted octanol–water partition coefficient (Wildman–Crippen LogP) is 1.56. The fourth-order valence-corrected chi connectivity index (χ4v) is 3.67. The summed E-state index contributed by atoms with van der Waals surface area (Å²) in [7, 11) is 0. The summed E-state index contributed by atoms with van der Waals surface area (Å²) in [6.45, 7) is 6.95. The van der Waals surface area contributed by atoms with Crippen LogP contribution in [0.3, 0.4) is 0 Å². The molecule has 0 atom stereocenters. The Bertz CT molecular complexity index is 607. The van der Waals surface area contributed by atoms with Gasteiger partial charge < -0.3 is 4.90 Å². The number of hydrogen-bond donors (Lipinski definition) is 1. The van der Waals surface area contributed by atoms with Crippen molar-refractivity contribution < 1.29 is 14.5 Å². The van der Waals surface area contributed by atoms with E-state index in [2.05, 4.69) is 22.9 Å². The van der Waals surface area contributed by atoms with Crippen LogP contribution in [-0.2, 0) is 4.79 Å². The quantitative estimate of drug-likeness (QED) is 0.821. The lowest BCUT2D eigenvalue weighted by Crippen LogP contribution is -3.14. The molecule has 2 aliphatic heterocycles. The molecule has 21 heavy (non-hydrogen) atoms. The van der Waals surface area contributed by atoms with Crippen LogP contribution in [0.2, 0.25) is 0 Å². The van der Waals surface area contributed by atoms with Crippen molar-refractivity contribution in [1.29, 1.82) is 0 Å². The maximum atomic E-state index is 12.3. The highest BCUT2D eigenvalue weighted by atomic mass is 79.9. The van der Waals surface area contributed by atoms with Crippen LogP contribution in [0, 0.1) is 12.8 Å². The monoisotopic (exact) mass is 351 g/mol. The number of Topliss-reactive ketones (excluding diaryl/α,β-unsaturated/α-hetero) is 1. The third-order valence-electron chi connectivity index (χ3n) is 4.63. The molecule has 1 N–H and O–H groups in total. The summed E-state index contributed by atoms with van der Waals surface area (Å²) in [5, 5.41) is 0. The number of carbonyl (C=O) groups is 2. The Labute approximate surface area is 133 Å². The number of aryl methyl sites for hydroxylation is 1. The molecule has 0 unspecified atom stereocenters. The second kappa shape index (κ2) is 5.54. The molecule has 2 heterocycles. The Morgan fingerprint density at radius 1 is 1.29 bits per heavy atom. The van der Waals surface area contributed by atoms with E-state index in [1.807, 2.05) is 19.1 Å². The summed E-state index contributed by atoms with van der Waals surface area (Å²) in [4.78, 5) is 27.6. The number of anilines is 1. The van der Waals surface area contributed by atoms with E-state index in [4.69, 9.17) is 0 Å². The molecule has 0 saturated carbocycles. The lowest BCUT2D eigenvalue weighted by molar-refractivity contribution is -0.904. The highest BCUT2D eigenvalue weighted by Crippen LogP contribution is 2.35. The molecule has 2 aliphatic rings. The van der Waals surface area contributed by atoms with Crippen LogP contribution in [-0.4, -0.2) is 31.4 Å². The summed E-state index contributed by atoms with van der Waals surface area (Å²) >= 11 is 3.45. The molecule has 112 valence electrons. The minimum absolute atomic E-state index is 0.384. The molecule has 0 bridgehead atoms. The first kappa shape index (κ1) is 14.7. The minimum Gasteiger partial charge on any atom is -0.317 e. The Hall–Kier alpha value is -1.20. The molecule has 5 heteroatoms. The number of benzene rings is 1. The van der Waals surface area contributed by atoms with Gasteiger partial charge in [0.2, 0.25) is 0 Å². The van der Waals surface area contributed by atoms with Gasteiger partial charge in [0.25, 0.3) is 5.78 Å².